The van der Waals surface area contributed by atoms with Gasteiger partial charge in [-0.3, -0.25) is 10.1 Å². The van der Waals surface area contributed by atoms with Crippen molar-refractivity contribution in [1.82, 2.24) is 16.0 Å². The topological polar surface area (TPSA) is 99.4 Å². The Kier molecular flexibility index (Phi) is 5.08. The second-order valence-corrected chi connectivity index (χ2v) is 6.86. The predicted octanol–water partition coefficient (Wildman–Crippen LogP) is -1.40. The summed E-state index contributed by atoms with van der Waals surface area (Å²) in [5, 5.41) is 19.6. The number of nitrogens with one attached hydrogen (secondary N) is 3. The van der Waals surface area contributed by atoms with Crippen molar-refractivity contribution < 1.29 is 9.90 Å². The summed E-state index contributed by atoms with van der Waals surface area (Å²) in [4.78, 5) is 11.4. The van der Waals surface area contributed by atoms with Crippen LogP contribution in [-0.4, -0.2) is 59.5 Å². The van der Waals surface area contributed by atoms with Gasteiger partial charge in [0.25, 0.3) is 0 Å². The third-order valence-electron chi connectivity index (χ3n) is 3.75. The highest BCUT2D eigenvalue weighted by Gasteiger charge is 2.40. The van der Waals surface area contributed by atoms with E-state index in [-0.39, 0.29) is 4.87 Å². The third-order valence-corrected chi connectivity index (χ3v) is 5.33. The number of piperidine rings is 1. The fraction of sp³-hybridized carbons (Fsp3) is 0.917. The van der Waals surface area contributed by atoms with Crippen LogP contribution in [0.25, 0.3) is 0 Å². The van der Waals surface area contributed by atoms with Gasteiger partial charge in [0.2, 0.25) is 5.91 Å². The maximum atomic E-state index is 11.2. The molecule has 0 saturated carbocycles. The van der Waals surface area contributed by atoms with Gasteiger partial charge in [-0.25, -0.2) is 0 Å². The minimum atomic E-state index is -0.767. The van der Waals surface area contributed by atoms with Gasteiger partial charge in [0, 0.05) is 24.9 Å². The Morgan fingerprint density at radius 2 is 2.47 bits per heavy atom. The van der Waals surface area contributed by atoms with Crippen molar-refractivity contribution in [2.75, 3.05) is 25.4 Å². The summed E-state index contributed by atoms with van der Waals surface area (Å²) in [7, 11) is 0. The Balaban J connectivity index is 1.80. The molecule has 7 heteroatoms. The minimum absolute atomic E-state index is 0.150. The second kappa shape index (κ2) is 6.41. The van der Waals surface area contributed by atoms with Gasteiger partial charge in [0.15, 0.2) is 0 Å². The molecule has 1 amide bonds. The lowest BCUT2D eigenvalue weighted by Crippen LogP contribution is -2.56. The van der Waals surface area contributed by atoms with Gasteiger partial charge in [0.05, 0.1) is 11.0 Å². The van der Waals surface area contributed by atoms with E-state index in [1.165, 1.54) is 12.8 Å². The van der Waals surface area contributed by atoms with Gasteiger partial charge in [-0.15, -0.1) is 11.8 Å². The van der Waals surface area contributed by atoms with Gasteiger partial charge in [-0.1, -0.05) is 0 Å². The highest BCUT2D eigenvalue weighted by Crippen LogP contribution is 2.35. The van der Waals surface area contributed by atoms with E-state index in [4.69, 9.17) is 5.73 Å². The van der Waals surface area contributed by atoms with E-state index >= 15 is 0 Å². The Labute approximate surface area is 118 Å². The van der Waals surface area contributed by atoms with Crippen LogP contribution in [0.4, 0.5) is 0 Å². The van der Waals surface area contributed by atoms with Crippen molar-refractivity contribution in [3.05, 3.63) is 0 Å². The zero-order chi connectivity index (χ0) is 13.9. The average molecular weight is 288 g/mol. The van der Waals surface area contributed by atoms with Crippen LogP contribution in [0.1, 0.15) is 19.8 Å². The van der Waals surface area contributed by atoms with E-state index in [2.05, 4.69) is 16.0 Å². The number of aliphatic hydroxyl groups is 1. The summed E-state index contributed by atoms with van der Waals surface area (Å²) in [5.41, 5.74) is 5.26. The number of primary amides is 1. The Bertz CT molecular complexity index is 321. The van der Waals surface area contributed by atoms with E-state index in [1.54, 1.807) is 6.92 Å². The number of amides is 1. The smallest absolute Gasteiger partial charge is 0.237 e. The highest BCUT2D eigenvalue weighted by molar-refractivity contribution is 8.00. The number of carbonyl (C=O) groups excluding carboxylic acids is 1. The molecular formula is C12H24N4O2S. The largest absolute Gasteiger partial charge is 0.391 e. The molecular weight excluding hydrogens is 264 g/mol. The van der Waals surface area contributed by atoms with E-state index in [1.807, 2.05) is 11.8 Å². The Morgan fingerprint density at radius 3 is 3.05 bits per heavy atom. The maximum absolute atomic E-state index is 11.2. The van der Waals surface area contributed by atoms with Crippen LogP contribution in [-0.2, 0) is 4.79 Å². The molecule has 6 N–H and O–H groups in total. The van der Waals surface area contributed by atoms with E-state index in [9.17, 15) is 9.90 Å². The van der Waals surface area contributed by atoms with E-state index in [0.29, 0.717) is 12.6 Å². The molecule has 0 aromatic carbocycles. The fourth-order valence-corrected chi connectivity index (χ4v) is 4.19. The minimum Gasteiger partial charge on any atom is -0.391 e. The molecule has 19 heavy (non-hydrogen) atoms. The van der Waals surface area contributed by atoms with Gasteiger partial charge < -0.3 is 21.5 Å². The number of hydrogen-bond acceptors (Lipinski definition) is 6. The number of nitrogens with two attached hydrogens (primary N) is 1. The van der Waals surface area contributed by atoms with Crippen LogP contribution >= 0.6 is 11.8 Å². The van der Waals surface area contributed by atoms with Crippen molar-refractivity contribution in [3.8, 4) is 0 Å². The molecule has 2 unspecified atom stereocenters. The van der Waals surface area contributed by atoms with Crippen molar-refractivity contribution in [3.63, 3.8) is 0 Å². The molecule has 2 fully saturated rings. The summed E-state index contributed by atoms with van der Waals surface area (Å²) in [5.74, 6) is 0.509. The first-order valence-corrected chi connectivity index (χ1v) is 7.84. The predicted molar refractivity (Wildman–Crippen MR) is 76.9 cm³/mol. The van der Waals surface area contributed by atoms with Crippen molar-refractivity contribution in [1.29, 1.82) is 0 Å². The monoisotopic (exact) mass is 288 g/mol. The molecule has 2 heterocycles. The number of hydrogen-bond donors (Lipinski definition) is 5. The Morgan fingerprint density at radius 1 is 1.68 bits per heavy atom. The normalized spacial score (nSPS) is 34.3. The summed E-state index contributed by atoms with van der Waals surface area (Å²) in [6.07, 6.45) is 1.60. The number of rotatable bonds is 5. The number of thioether (sulfide) groups is 1. The first-order valence-electron chi connectivity index (χ1n) is 6.85. The van der Waals surface area contributed by atoms with E-state index < -0.39 is 18.1 Å². The van der Waals surface area contributed by atoms with Crippen LogP contribution in [0.15, 0.2) is 0 Å². The molecule has 110 valence electrons. The third kappa shape index (κ3) is 3.82. The molecule has 6 nitrogen and oxygen atoms in total. The summed E-state index contributed by atoms with van der Waals surface area (Å²) in [6.45, 7) is 4.31. The maximum Gasteiger partial charge on any atom is 0.237 e. The zero-order valence-electron chi connectivity index (χ0n) is 11.3. The lowest BCUT2D eigenvalue weighted by atomic mass is 10.1. The van der Waals surface area contributed by atoms with Gasteiger partial charge in [-0.2, -0.15) is 0 Å². The molecule has 2 saturated heterocycles. The van der Waals surface area contributed by atoms with Crippen molar-refractivity contribution in [2.45, 2.75) is 42.8 Å². The lowest BCUT2D eigenvalue weighted by Gasteiger charge is -2.34. The average Bonchev–Trinajstić information content (AvgIpc) is 2.72. The van der Waals surface area contributed by atoms with Gasteiger partial charge >= 0.3 is 0 Å². The quantitative estimate of drug-likeness (QED) is 0.426. The molecule has 2 rings (SSSR count). The van der Waals surface area contributed by atoms with Gasteiger partial charge in [-0.05, 0) is 26.3 Å². The molecule has 0 aromatic rings. The Hall–Kier alpha value is -0.340. The summed E-state index contributed by atoms with van der Waals surface area (Å²) < 4.78 is 0. The van der Waals surface area contributed by atoms with Crippen LogP contribution in [0, 0.1) is 0 Å². The second-order valence-electron chi connectivity index (χ2n) is 5.46. The molecule has 4 atom stereocenters. The fourth-order valence-electron chi connectivity index (χ4n) is 2.73. The molecule has 0 aromatic heterocycles. The van der Waals surface area contributed by atoms with Crippen molar-refractivity contribution >= 4 is 17.7 Å². The molecule has 2 aliphatic rings. The first-order chi connectivity index (χ1) is 9.02. The zero-order valence-corrected chi connectivity index (χ0v) is 12.1. The molecule has 2 aliphatic heterocycles. The summed E-state index contributed by atoms with van der Waals surface area (Å²) >= 11 is 1.95. The first kappa shape index (κ1) is 15.1. The molecule has 0 bridgehead atoms. The van der Waals surface area contributed by atoms with Crippen LogP contribution in [0.2, 0.25) is 0 Å². The molecule has 1 spiro atoms. The molecule has 0 aliphatic carbocycles. The molecule has 0 radical (unpaired) electrons. The standard InChI is InChI=1S/C12H24N4O2S/c1-8(17)10(11(13)18)15-5-9-6-19-12(16-9)3-2-4-14-7-12/h8-10,14-17H,2-7H2,1H3,(H2,13,18)/t8-,9?,10+,12?/m1/s1. The summed E-state index contributed by atoms with van der Waals surface area (Å²) in [6, 6.07) is -0.363. The van der Waals surface area contributed by atoms with Crippen molar-refractivity contribution in [2.24, 2.45) is 5.73 Å². The van der Waals surface area contributed by atoms with Crippen LogP contribution < -0.4 is 21.7 Å². The lowest BCUT2D eigenvalue weighted by molar-refractivity contribution is -0.122. The number of aliphatic hydroxyl groups excluding tert-OH is 1. The van der Waals surface area contributed by atoms with Gasteiger partial charge in [0.1, 0.15) is 6.04 Å². The SMILES string of the molecule is C[C@@H](O)[C@H](NCC1CSC2(CCCNC2)N1)C(N)=O. The van der Waals surface area contributed by atoms with Crippen LogP contribution in [0.5, 0.6) is 0 Å². The highest BCUT2D eigenvalue weighted by atomic mass is 32.2. The van der Waals surface area contributed by atoms with Crippen LogP contribution in [0.3, 0.4) is 0 Å². The van der Waals surface area contributed by atoms with E-state index in [0.717, 1.165) is 18.8 Å². The number of carbonyl (C=O) groups is 1.